The highest BCUT2D eigenvalue weighted by Crippen LogP contribution is 2.38. The number of hydrogen-bond donors (Lipinski definition) is 0. The van der Waals surface area contributed by atoms with Gasteiger partial charge in [-0.05, 0) is 18.5 Å². The molecule has 46 heavy (non-hydrogen) atoms. The van der Waals surface area contributed by atoms with E-state index in [1.54, 1.807) is 36.2 Å². The average Bonchev–Trinajstić information content (AvgIpc) is 3.30. The van der Waals surface area contributed by atoms with Crippen molar-refractivity contribution in [2.75, 3.05) is 51.3 Å². The van der Waals surface area contributed by atoms with E-state index in [-0.39, 0.29) is 61.2 Å². The number of rotatable bonds is 7. The Kier molecular flexibility index (Phi) is 8.43. The second kappa shape index (κ2) is 12.3. The number of hydrogen-bond acceptors (Lipinski definition) is 7. The van der Waals surface area contributed by atoms with Crippen LogP contribution in [0.1, 0.15) is 6.42 Å². The van der Waals surface area contributed by atoms with E-state index in [1.165, 1.54) is 16.0 Å². The Morgan fingerprint density at radius 1 is 1.20 bits per heavy atom. The lowest BCUT2D eigenvalue weighted by molar-refractivity contribution is -0.131. The molecule has 14 heteroatoms. The number of ether oxygens (including phenoxy) is 1. The van der Waals surface area contributed by atoms with Gasteiger partial charge in [0.15, 0.2) is 11.6 Å². The minimum absolute atomic E-state index is 0.0141. The molecule has 4 heterocycles. The molecular weight excluding hydrogens is 626 g/mol. The summed E-state index contributed by atoms with van der Waals surface area (Å²) in [5, 5.41) is 2.02. The number of pyridine rings is 1. The highest BCUT2D eigenvalue weighted by molar-refractivity contribution is 6.36. The van der Waals surface area contributed by atoms with E-state index in [2.05, 4.69) is 26.4 Å². The van der Waals surface area contributed by atoms with Crippen molar-refractivity contribution in [3.05, 3.63) is 77.3 Å². The summed E-state index contributed by atoms with van der Waals surface area (Å²) < 4.78 is 64.3. The van der Waals surface area contributed by atoms with Crippen molar-refractivity contribution in [2.24, 2.45) is 0 Å². The van der Waals surface area contributed by atoms with Crippen molar-refractivity contribution >= 4 is 45.0 Å². The van der Waals surface area contributed by atoms with Gasteiger partial charge in [-0.3, -0.25) is 14.7 Å². The standard InChI is InChI=1S/C32H28ClF4N7O2/c1-18(34)30(45)44-11-10-43(15-21(44)13-38-2)29-23-14-39-27(22-8-4-6-19-7-5-9-24(33)25(19)22)26(35)28(23)40-31(41-29)46-16-20-12-32(36,37)17-42(20)3/h4-9,14,20-21H,1,10-13,15-17H2,3H3/t20-,21-/m0/s1. The van der Waals surface area contributed by atoms with Crippen molar-refractivity contribution in [1.82, 2.24) is 24.8 Å². The first-order valence-electron chi connectivity index (χ1n) is 14.5. The van der Waals surface area contributed by atoms with Crippen LogP contribution in [0.15, 0.2) is 55.0 Å². The molecule has 0 bridgehead atoms. The molecule has 2 saturated heterocycles. The highest BCUT2D eigenvalue weighted by atomic mass is 35.5. The topological polar surface area (TPSA) is 79.1 Å². The van der Waals surface area contributed by atoms with Crippen LogP contribution in [0.25, 0.3) is 37.8 Å². The van der Waals surface area contributed by atoms with E-state index in [9.17, 15) is 18.0 Å². The van der Waals surface area contributed by atoms with Gasteiger partial charge in [-0.25, -0.2) is 24.1 Å². The van der Waals surface area contributed by atoms with Crippen LogP contribution < -0.4 is 9.64 Å². The third-order valence-corrected chi connectivity index (χ3v) is 8.69. The number of halogens is 5. The molecule has 0 radical (unpaired) electrons. The normalized spacial score (nSPS) is 19.8. The number of nitrogens with zero attached hydrogens (tertiary/aromatic N) is 7. The summed E-state index contributed by atoms with van der Waals surface area (Å²) in [5.74, 6) is -5.48. The summed E-state index contributed by atoms with van der Waals surface area (Å²) >= 11 is 6.53. The quantitative estimate of drug-likeness (QED) is 0.142. The van der Waals surface area contributed by atoms with E-state index < -0.39 is 48.5 Å². The summed E-state index contributed by atoms with van der Waals surface area (Å²) in [6, 6.07) is 9.06. The van der Waals surface area contributed by atoms with Gasteiger partial charge < -0.3 is 19.4 Å². The van der Waals surface area contributed by atoms with Crippen LogP contribution in [-0.4, -0.2) is 95.0 Å². The number of carbonyl (C=O) groups is 1. The zero-order valence-electron chi connectivity index (χ0n) is 24.7. The van der Waals surface area contributed by atoms with Gasteiger partial charge in [-0.1, -0.05) is 48.5 Å². The Labute approximate surface area is 266 Å². The molecule has 1 amide bonds. The minimum atomic E-state index is -2.87. The van der Waals surface area contributed by atoms with Gasteiger partial charge in [0, 0.05) is 54.3 Å². The fourth-order valence-corrected chi connectivity index (χ4v) is 6.44. The third-order valence-electron chi connectivity index (χ3n) is 8.37. The monoisotopic (exact) mass is 653 g/mol. The molecule has 2 atom stereocenters. The second-order valence-electron chi connectivity index (χ2n) is 11.4. The van der Waals surface area contributed by atoms with Gasteiger partial charge in [-0.2, -0.15) is 9.97 Å². The van der Waals surface area contributed by atoms with Crippen molar-refractivity contribution < 1.29 is 27.1 Å². The summed E-state index contributed by atoms with van der Waals surface area (Å²) in [7, 11) is 1.57. The van der Waals surface area contributed by atoms with Gasteiger partial charge in [0.25, 0.3) is 11.8 Å². The first-order valence-corrected chi connectivity index (χ1v) is 14.8. The number of aromatic nitrogens is 3. The Morgan fingerprint density at radius 3 is 2.65 bits per heavy atom. The number of likely N-dealkylation sites (N-methyl/N-ethyl adjacent to an activating group) is 1. The number of anilines is 1. The zero-order chi connectivity index (χ0) is 32.7. The van der Waals surface area contributed by atoms with Crippen LogP contribution in [0.3, 0.4) is 0 Å². The largest absolute Gasteiger partial charge is 0.462 e. The van der Waals surface area contributed by atoms with Gasteiger partial charge in [0.05, 0.1) is 11.9 Å². The number of piperazine rings is 1. The maximum Gasteiger partial charge on any atom is 0.319 e. The van der Waals surface area contributed by atoms with Gasteiger partial charge in [-0.15, -0.1) is 0 Å². The zero-order valence-corrected chi connectivity index (χ0v) is 25.4. The maximum absolute atomic E-state index is 16.6. The maximum atomic E-state index is 16.6. The van der Waals surface area contributed by atoms with Crippen LogP contribution in [0.5, 0.6) is 6.01 Å². The van der Waals surface area contributed by atoms with Crippen LogP contribution in [-0.2, 0) is 4.79 Å². The smallest absolute Gasteiger partial charge is 0.319 e. The molecule has 2 aromatic carbocycles. The Hall–Kier alpha value is -4.54. The molecule has 0 unspecified atom stereocenters. The van der Waals surface area contributed by atoms with Crippen LogP contribution in [0.4, 0.5) is 23.4 Å². The number of fused-ring (bicyclic) bond motifs is 2. The molecule has 0 saturated carbocycles. The number of amides is 1. The lowest BCUT2D eigenvalue weighted by Crippen LogP contribution is -2.56. The number of likely N-dealkylation sites (tertiary alicyclic amines) is 1. The van der Waals surface area contributed by atoms with Gasteiger partial charge in [0.1, 0.15) is 29.7 Å². The molecule has 2 aliphatic heterocycles. The van der Waals surface area contributed by atoms with Crippen molar-refractivity contribution in [3.8, 4) is 17.3 Å². The fourth-order valence-electron chi connectivity index (χ4n) is 6.16. The molecule has 2 fully saturated rings. The van der Waals surface area contributed by atoms with E-state index in [4.69, 9.17) is 22.9 Å². The molecular formula is C32H28ClF4N7O2. The predicted octanol–water partition coefficient (Wildman–Crippen LogP) is 5.78. The second-order valence-corrected chi connectivity index (χ2v) is 11.8. The van der Waals surface area contributed by atoms with Crippen LogP contribution >= 0.6 is 11.6 Å². The molecule has 2 aliphatic rings. The molecule has 0 aliphatic carbocycles. The summed E-state index contributed by atoms with van der Waals surface area (Å²) in [5.41, 5.74) is 0.298. The third kappa shape index (κ3) is 5.90. The molecule has 2 aromatic heterocycles. The lowest BCUT2D eigenvalue weighted by Gasteiger charge is -2.39. The van der Waals surface area contributed by atoms with Gasteiger partial charge in [0.2, 0.25) is 6.54 Å². The van der Waals surface area contributed by atoms with E-state index in [1.807, 2.05) is 12.1 Å². The van der Waals surface area contributed by atoms with E-state index >= 15 is 4.39 Å². The first-order chi connectivity index (χ1) is 22.0. The fraction of sp³-hybridized carbons (Fsp3) is 0.344. The Balaban J connectivity index is 1.44. The SMILES string of the molecule is [C-]#[N+]C[C@H]1CN(c2nc(OC[C@@H]3CC(F)(F)CN3C)nc3c(F)c(-c4cccc5cccc(Cl)c45)ncc23)CCN1C(=O)C(=C)F. The minimum Gasteiger partial charge on any atom is -0.462 e. The molecule has 9 nitrogen and oxygen atoms in total. The van der Waals surface area contributed by atoms with Crippen molar-refractivity contribution in [2.45, 2.75) is 24.4 Å². The van der Waals surface area contributed by atoms with Crippen LogP contribution in [0, 0.1) is 12.4 Å². The van der Waals surface area contributed by atoms with Crippen molar-refractivity contribution in [1.29, 1.82) is 0 Å². The van der Waals surface area contributed by atoms with Gasteiger partial charge >= 0.3 is 6.01 Å². The molecule has 4 aromatic rings. The summed E-state index contributed by atoms with van der Waals surface area (Å²) in [6.45, 7) is 10.0. The first kappa shape index (κ1) is 31.4. The van der Waals surface area contributed by atoms with E-state index in [0.717, 1.165) is 5.39 Å². The lowest BCUT2D eigenvalue weighted by atomic mass is 10.0. The molecule has 238 valence electrons. The summed E-state index contributed by atoms with van der Waals surface area (Å²) in [4.78, 5) is 33.7. The highest BCUT2D eigenvalue weighted by Gasteiger charge is 2.43. The van der Waals surface area contributed by atoms with Crippen molar-refractivity contribution in [3.63, 3.8) is 0 Å². The number of carbonyl (C=O) groups excluding carboxylic acids is 1. The van der Waals surface area contributed by atoms with Crippen LogP contribution in [0.2, 0.25) is 5.02 Å². The average molecular weight is 654 g/mol. The van der Waals surface area contributed by atoms with E-state index in [0.29, 0.717) is 16.0 Å². The number of alkyl halides is 2. The molecule has 6 rings (SSSR count). The molecule has 0 N–H and O–H groups in total. The number of benzene rings is 2. The molecule has 0 spiro atoms. The summed E-state index contributed by atoms with van der Waals surface area (Å²) in [6.07, 6.45) is 1.01. The predicted molar refractivity (Wildman–Crippen MR) is 166 cm³/mol. The Morgan fingerprint density at radius 2 is 1.96 bits per heavy atom. The Bertz CT molecular complexity index is 1900.